The Morgan fingerprint density at radius 3 is 2.90 bits per heavy atom. The molecule has 1 fully saturated rings. The van der Waals surface area contributed by atoms with Gasteiger partial charge in [-0.05, 0) is 43.5 Å². The average molecular weight is 424 g/mol. The summed E-state index contributed by atoms with van der Waals surface area (Å²) in [6.45, 7) is 2.39. The van der Waals surface area contributed by atoms with Gasteiger partial charge in [0.15, 0.2) is 5.13 Å². The fourth-order valence-electron chi connectivity index (χ4n) is 4.09. The molecule has 3 N–H and O–H groups in total. The van der Waals surface area contributed by atoms with E-state index >= 15 is 0 Å². The zero-order chi connectivity index (χ0) is 20.7. The molecule has 0 spiro atoms. The number of aromatic nitrogens is 4. The molecule has 3 heterocycles. The van der Waals surface area contributed by atoms with Crippen LogP contribution in [0.1, 0.15) is 50.0 Å². The molecule has 3 aromatic heterocycles. The van der Waals surface area contributed by atoms with E-state index in [-0.39, 0.29) is 12.1 Å². The van der Waals surface area contributed by atoms with Gasteiger partial charge in [0.25, 0.3) is 0 Å². The second-order valence-electron chi connectivity index (χ2n) is 8.07. The number of nitrogens with one attached hydrogen (secondary N) is 1. The average Bonchev–Trinajstić information content (AvgIpc) is 3.32. The first-order chi connectivity index (χ1) is 14.6. The topological polar surface area (TPSA) is 96.1 Å². The maximum Gasteiger partial charge on any atom is 0.184 e. The van der Waals surface area contributed by atoms with Crippen LogP contribution in [0.3, 0.4) is 0 Å². The predicted molar refractivity (Wildman–Crippen MR) is 119 cm³/mol. The predicted octanol–water partition coefficient (Wildman–Crippen LogP) is 3.86. The summed E-state index contributed by atoms with van der Waals surface area (Å²) in [6, 6.07) is 8.23. The van der Waals surface area contributed by atoms with Gasteiger partial charge in [-0.25, -0.2) is 9.97 Å². The molecular weight excluding hydrogens is 398 g/mol. The van der Waals surface area contributed by atoms with Crippen molar-refractivity contribution < 1.29 is 10.2 Å². The van der Waals surface area contributed by atoms with Gasteiger partial charge in [-0.3, -0.25) is 4.98 Å². The molecule has 30 heavy (non-hydrogen) atoms. The minimum Gasteiger partial charge on any atom is -0.391 e. The molecule has 0 aliphatic heterocycles. The third kappa shape index (κ3) is 3.78. The molecule has 3 atom stereocenters. The Bertz CT molecular complexity index is 1180. The van der Waals surface area contributed by atoms with Gasteiger partial charge in [-0.15, -0.1) is 0 Å². The van der Waals surface area contributed by atoms with Crippen molar-refractivity contribution in [3.63, 3.8) is 0 Å². The Balaban J connectivity index is 1.37. The number of aliphatic hydroxyl groups is 2. The Labute approximate surface area is 178 Å². The van der Waals surface area contributed by atoms with Crippen molar-refractivity contribution in [2.24, 2.45) is 0 Å². The van der Waals surface area contributed by atoms with E-state index < -0.39 is 6.10 Å². The molecule has 0 amide bonds. The number of nitrogens with zero attached hydrogens (tertiary/aromatic N) is 4. The fourth-order valence-corrected chi connectivity index (χ4v) is 5.08. The first kappa shape index (κ1) is 19.4. The highest BCUT2D eigenvalue weighted by Crippen LogP contribution is 2.30. The number of hydrogen-bond acceptors (Lipinski definition) is 7. The summed E-state index contributed by atoms with van der Waals surface area (Å²) < 4.78 is 3.19. The SMILES string of the molecule is C[C@H](O)c1cc2ncn(Cc3ccc4nc(N[C@@H]5CCCC[C@H]5O)sc4c3)c2cn1. The van der Waals surface area contributed by atoms with Crippen LogP contribution in [0, 0.1) is 0 Å². The lowest BCUT2D eigenvalue weighted by Gasteiger charge is -2.27. The highest BCUT2D eigenvalue weighted by molar-refractivity contribution is 7.22. The Morgan fingerprint density at radius 2 is 2.07 bits per heavy atom. The first-order valence-corrected chi connectivity index (χ1v) is 11.2. The van der Waals surface area contributed by atoms with E-state index in [1.807, 2.05) is 18.5 Å². The van der Waals surface area contributed by atoms with Crippen molar-refractivity contribution in [1.29, 1.82) is 0 Å². The summed E-state index contributed by atoms with van der Waals surface area (Å²) in [5, 5.41) is 24.2. The number of anilines is 1. The van der Waals surface area contributed by atoms with Crippen molar-refractivity contribution in [3.8, 4) is 0 Å². The number of thiazole rings is 1. The van der Waals surface area contributed by atoms with E-state index in [4.69, 9.17) is 4.98 Å². The highest BCUT2D eigenvalue weighted by Gasteiger charge is 2.23. The zero-order valence-electron chi connectivity index (χ0n) is 16.8. The highest BCUT2D eigenvalue weighted by atomic mass is 32.1. The van der Waals surface area contributed by atoms with Gasteiger partial charge in [-0.1, -0.05) is 30.2 Å². The molecule has 1 aliphatic rings. The number of aliphatic hydroxyl groups excluding tert-OH is 2. The van der Waals surface area contributed by atoms with Crippen LogP contribution in [-0.2, 0) is 6.54 Å². The lowest BCUT2D eigenvalue weighted by atomic mass is 9.93. The van der Waals surface area contributed by atoms with E-state index in [0.29, 0.717) is 12.2 Å². The van der Waals surface area contributed by atoms with E-state index in [9.17, 15) is 10.2 Å². The number of pyridine rings is 1. The number of benzene rings is 1. The van der Waals surface area contributed by atoms with Gasteiger partial charge >= 0.3 is 0 Å². The van der Waals surface area contributed by atoms with Crippen LogP contribution in [0.4, 0.5) is 5.13 Å². The molecule has 156 valence electrons. The number of imidazole rings is 1. The van der Waals surface area contributed by atoms with Crippen LogP contribution in [0.25, 0.3) is 21.3 Å². The van der Waals surface area contributed by atoms with Crippen LogP contribution in [-0.4, -0.2) is 41.9 Å². The van der Waals surface area contributed by atoms with Gasteiger partial charge in [0.2, 0.25) is 0 Å². The Morgan fingerprint density at radius 1 is 1.20 bits per heavy atom. The van der Waals surface area contributed by atoms with Crippen molar-refractivity contribution in [2.45, 2.75) is 57.4 Å². The molecule has 0 radical (unpaired) electrons. The van der Waals surface area contributed by atoms with Crippen LogP contribution in [0.2, 0.25) is 0 Å². The summed E-state index contributed by atoms with van der Waals surface area (Å²) in [5.74, 6) is 0. The molecule has 7 nitrogen and oxygen atoms in total. The first-order valence-electron chi connectivity index (χ1n) is 10.4. The number of rotatable bonds is 5. The molecule has 1 aliphatic carbocycles. The van der Waals surface area contributed by atoms with Crippen LogP contribution >= 0.6 is 11.3 Å². The van der Waals surface area contributed by atoms with Crippen LogP contribution < -0.4 is 5.32 Å². The smallest absolute Gasteiger partial charge is 0.184 e. The number of fused-ring (bicyclic) bond motifs is 2. The maximum atomic E-state index is 10.2. The Hall–Kier alpha value is -2.55. The van der Waals surface area contributed by atoms with E-state index in [0.717, 1.165) is 57.6 Å². The molecule has 1 aromatic carbocycles. The number of hydrogen-bond donors (Lipinski definition) is 3. The zero-order valence-corrected chi connectivity index (χ0v) is 17.6. The van der Waals surface area contributed by atoms with Crippen molar-refractivity contribution in [3.05, 3.63) is 48.0 Å². The van der Waals surface area contributed by atoms with Gasteiger partial charge in [0, 0.05) is 6.54 Å². The molecule has 0 bridgehead atoms. The quantitative estimate of drug-likeness (QED) is 0.451. The molecule has 8 heteroatoms. The lowest BCUT2D eigenvalue weighted by molar-refractivity contribution is 0.116. The summed E-state index contributed by atoms with van der Waals surface area (Å²) >= 11 is 1.63. The van der Waals surface area contributed by atoms with Gasteiger partial charge in [0.1, 0.15) is 0 Å². The second-order valence-corrected chi connectivity index (χ2v) is 9.10. The summed E-state index contributed by atoms with van der Waals surface area (Å²) in [6.07, 6.45) is 6.78. The van der Waals surface area contributed by atoms with Crippen molar-refractivity contribution in [2.75, 3.05) is 5.32 Å². The summed E-state index contributed by atoms with van der Waals surface area (Å²) in [7, 11) is 0. The molecule has 5 rings (SSSR count). The second kappa shape index (κ2) is 7.94. The summed E-state index contributed by atoms with van der Waals surface area (Å²) in [5.41, 5.74) is 4.53. The van der Waals surface area contributed by atoms with E-state index in [1.54, 1.807) is 24.5 Å². The molecular formula is C22H25N5O2S. The largest absolute Gasteiger partial charge is 0.391 e. The normalized spacial score (nSPS) is 20.6. The third-order valence-electron chi connectivity index (χ3n) is 5.80. The van der Waals surface area contributed by atoms with E-state index in [1.165, 1.54) is 0 Å². The van der Waals surface area contributed by atoms with Crippen LogP contribution in [0.5, 0.6) is 0 Å². The van der Waals surface area contributed by atoms with Crippen molar-refractivity contribution in [1.82, 2.24) is 19.5 Å². The van der Waals surface area contributed by atoms with Gasteiger partial charge in [0.05, 0.1) is 57.7 Å². The molecule has 0 unspecified atom stereocenters. The lowest BCUT2D eigenvalue weighted by Crippen LogP contribution is -2.36. The van der Waals surface area contributed by atoms with Gasteiger partial charge in [-0.2, -0.15) is 0 Å². The minimum absolute atomic E-state index is 0.0927. The minimum atomic E-state index is -0.606. The molecule has 1 saturated carbocycles. The monoisotopic (exact) mass is 423 g/mol. The van der Waals surface area contributed by atoms with E-state index in [2.05, 4.69) is 32.0 Å². The standard InChI is InChI=1S/C22H25N5O2S/c1-13(28)17-9-18-19(10-23-17)27(12-24-18)11-14-6-7-16-21(8-14)30-22(26-16)25-15-4-2-3-5-20(15)29/h6-10,12-13,15,20,28-29H,2-5,11H2,1H3,(H,25,26)/t13-,15+,20+/m0/s1. The third-order valence-corrected chi connectivity index (χ3v) is 6.75. The molecule has 0 saturated heterocycles. The molecule has 4 aromatic rings. The van der Waals surface area contributed by atoms with Crippen molar-refractivity contribution >= 4 is 37.7 Å². The fraction of sp³-hybridized carbons (Fsp3) is 0.409. The summed E-state index contributed by atoms with van der Waals surface area (Å²) in [4.78, 5) is 13.5. The van der Waals surface area contributed by atoms with Crippen LogP contribution in [0.15, 0.2) is 36.8 Å². The van der Waals surface area contributed by atoms with Gasteiger partial charge < -0.3 is 20.1 Å². The maximum absolute atomic E-state index is 10.2. The Kier molecular flexibility index (Phi) is 5.14.